The first-order valence-corrected chi connectivity index (χ1v) is 4.82. The quantitative estimate of drug-likeness (QED) is 0.581. The SMILES string of the molecule is N#Cc1ccccc1-c1ccc([N+](=O)[O-])nc1. The Bertz CT molecular complexity index is 600. The predicted molar refractivity (Wildman–Crippen MR) is 61.0 cm³/mol. The van der Waals surface area contributed by atoms with Gasteiger partial charge in [-0.15, -0.1) is 0 Å². The van der Waals surface area contributed by atoms with Crippen molar-refractivity contribution in [2.75, 3.05) is 0 Å². The number of hydrogen-bond donors (Lipinski definition) is 0. The Kier molecular flexibility index (Phi) is 2.79. The van der Waals surface area contributed by atoms with Gasteiger partial charge in [0.15, 0.2) is 0 Å². The molecule has 5 nitrogen and oxygen atoms in total. The summed E-state index contributed by atoms with van der Waals surface area (Å²) in [6.45, 7) is 0. The van der Waals surface area contributed by atoms with Crippen LogP contribution in [-0.2, 0) is 0 Å². The van der Waals surface area contributed by atoms with Crippen LogP contribution in [0.1, 0.15) is 5.56 Å². The van der Waals surface area contributed by atoms with E-state index in [4.69, 9.17) is 5.26 Å². The number of nitrogens with zero attached hydrogens (tertiary/aromatic N) is 3. The molecule has 0 bridgehead atoms. The zero-order valence-electron chi connectivity index (χ0n) is 8.70. The van der Waals surface area contributed by atoms with Crippen molar-refractivity contribution in [1.29, 1.82) is 5.26 Å². The van der Waals surface area contributed by atoms with Crippen LogP contribution in [-0.4, -0.2) is 9.91 Å². The van der Waals surface area contributed by atoms with Gasteiger partial charge in [0.05, 0.1) is 11.6 Å². The molecule has 2 aromatic rings. The molecule has 2 rings (SSSR count). The number of nitro groups is 1. The van der Waals surface area contributed by atoms with Gasteiger partial charge < -0.3 is 10.1 Å². The molecule has 0 saturated carbocycles. The zero-order valence-corrected chi connectivity index (χ0v) is 8.70. The van der Waals surface area contributed by atoms with E-state index in [2.05, 4.69) is 11.1 Å². The van der Waals surface area contributed by atoms with Crippen LogP contribution >= 0.6 is 0 Å². The molecule has 17 heavy (non-hydrogen) atoms. The van der Waals surface area contributed by atoms with Gasteiger partial charge in [-0.05, 0) is 22.0 Å². The maximum atomic E-state index is 10.5. The highest BCUT2D eigenvalue weighted by Crippen LogP contribution is 2.23. The van der Waals surface area contributed by atoms with Crippen LogP contribution < -0.4 is 0 Å². The van der Waals surface area contributed by atoms with Crippen LogP contribution in [0.3, 0.4) is 0 Å². The minimum Gasteiger partial charge on any atom is -0.358 e. The lowest BCUT2D eigenvalue weighted by Gasteiger charge is -2.01. The van der Waals surface area contributed by atoms with Gasteiger partial charge in [0.2, 0.25) is 0 Å². The molecule has 0 radical (unpaired) electrons. The molecule has 0 atom stereocenters. The first-order chi connectivity index (χ1) is 8.22. The van der Waals surface area contributed by atoms with Crippen LogP contribution in [0.25, 0.3) is 11.1 Å². The number of rotatable bonds is 2. The van der Waals surface area contributed by atoms with Gasteiger partial charge in [0, 0.05) is 17.2 Å². The summed E-state index contributed by atoms with van der Waals surface area (Å²) in [5, 5.41) is 19.4. The summed E-state index contributed by atoms with van der Waals surface area (Å²) in [6, 6.07) is 12.0. The molecule has 0 unspecified atom stereocenters. The standard InChI is InChI=1S/C12H7N3O2/c13-7-9-3-1-2-4-11(9)10-5-6-12(14-8-10)15(16)17/h1-6,8H. The van der Waals surface area contributed by atoms with Gasteiger partial charge in [0.1, 0.15) is 6.20 Å². The van der Waals surface area contributed by atoms with E-state index in [1.807, 2.05) is 0 Å². The van der Waals surface area contributed by atoms with Gasteiger partial charge in [-0.1, -0.05) is 18.2 Å². The highest BCUT2D eigenvalue weighted by molar-refractivity contribution is 5.69. The van der Waals surface area contributed by atoms with E-state index >= 15 is 0 Å². The predicted octanol–water partition coefficient (Wildman–Crippen LogP) is 2.53. The molecule has 5 heteroatoms. The van der Waals surface area contributed by atoms with E-state index in [1.54, 1.807) is 30.3 Å². The van der Waals surface area contributed by atoms with Crippen molar-refractivity contribution >= 4 is 5.82 Å². The number of aromatic nitrogens is 1. The first-order valence-electron chi connectivity index (χ1n) is 4.82. The molecular formula is C12H7N3O2. The molecule has 0 N–H and O–H groups in total. The Morgan fingerprint density at radius 3 is 2.59 bits per heavy atom. The van der Waals surface area contributed by atoms with Crippen LogP contribution in [0.2, 0.25) is 0 Å². The third-order valence-electron chi connectivity index (χ3n) is 2.29. The smallest absolute Gasteiger partial charge is 0.358 e. The van der Waals surface area contributed by atoms with E-state index in [9.17, 15) is 10.1 Å². The van der Waals surface area contributed by atoms with E-state index in [1.165, 1.54) is 12.3 Å². The lowest BCUT2D eigenvalue weighted by atomic mass is 10.0. The van der Waals surface area contributed by atoms with E-state index < -0.39 is 4.92 Å². The summed E-state index contributed by atoms with van der Waals surface area (Å²) < 4.78 is 0. The normalized spacial score (nSPS) is 9.59. The fraction of sp³-hybridized carbons (Fsp3) is 0. The molecule has 0 aliphatic heterocycles. The van der Waals surface area contributed by atoms with Crippen molar-refractivity contribution in [3.63, 3.8) is 0 Å². The highest BCUT2D eigenvalue weighted by atomic mass is 16.6. The largest absolute Gasteiger partial charge is 0.363 e. The lowest BCUT2D eigenvalue weighted by Crippen LogP contribution is -1.92. The maximum Gasteiger partial charge on any atom is 0.363 e. The van der Waals surface area contributed by atoms with Crippen LogP contribution in [0.15, 0.2) is 42.6 Å². The van der Waals surface area contributed by atoms with E-state index in [0.717, 1.165) is 5.56 Å². The Morgan fingerprint density at radius 1 is 1.24 bits per heavy atom. The second kappa shape index (κ2) is 4.41. The topological polar surface area (TPSA) is 79.8 Å². The average Bonchev–Trinajstić information content (AvgIpc) is 2.39. The van der Waals surface area contributed by atoms with E-state index in [0.29, 0.717) is 11.1 Å². The minimum atomic E-state index is -0.556. The molecule has 0 spiro atoms. The average molecular weight is 225 g/mol. The Balaban J connectivity index is 2.47. The summed E-state index contributed by atoms with van der Waals surface area (Å²) in [6.07, 6.45) is 1.40. The third kappa shape index (κ3) is 2.11. The summed E-state index contributed by atoms with van der Waals surface area (Å²) in [7, 11) is 0. The molecular weight excluding hydrogens is 218 g/mol. The van der Waals surface area contributed by atoms with Crippen LogP contribution in [0.5, 0.6) is 0 Å². The zero-order chi connectivity index (χ0) is 12.3. The number of hydrogen-bond acceptors (Lipinski definition) is 4. The van der Waals surface area contributed by atoms with Gasteiger partial charge >= 0.3 is 5.82 Å². The van der Waals surface area contributed by atoms with Crippen molar-refractivity contribution in [2.24, 2.45) is 0 Å². The van der Waals surface area contributed by atoms with Gasteiger partial charge in [0.25, 0.3) is 0 Å². The molecule has 82 valence electrons. The number of nitriles is 1. The summed E-state index contributed by atoms with van der Waals surface area (Å²) in [5.41, 5.74) is 1.92. The van der Waals surface area contributed by atoms with Gasteiger partial charge in [-0.2, -0.15) is 5.26 Å². The molecule has 0 fully saturated rings. The van der Waals surface area contributed by atoms with Crippen molar-refractivity contribution in [1.82, 2.24) is 4.98 Å². The van der Waals surface area contributed by atoms with Crippen molar-refractivity contribution in [3.05, 3.63) is 58.3 Å². The summed E-state index contributed by atoms with van der Waals surface area (Å²) >= 11 is 0. The van der Waals surface area contributed by atoms with Gasteiger partial charge in [-0.3, -0.25) is 0 Å². The highest BCUT2D eigenvalue weighted by Gasteiger charge is 2.09. The molecule has 1 heterocycles. The Labute approximate surface area is 97.1 Å². The Morgan fingerprint density at radius 2 is 2.00 bits per heavy atom. The first kappa shape index (κ1) is 10.8. The molecule has 1 aromatic carbocycles. The molecule has 0 aliphatic carbocycles. The summed E-state index contributed by atoms with van der Waals surface area (Å²) in [5.74, 6) is -0.205. The second-order valence-corrected chi connectivity index (χ2v) is 3.32. The lowest BCUT2D eigenvalue weighted by molar-refractivity contribution is -0.389. The van der Waals surface area contributed by atoms with E-state index in [-0.39, 0.29) is 5.82 Å². The maximum absolute atomic E-state index is 10.5. The van der Waals surface area contributed by atoms with Crippen molar-refractivity contribution in [2.45, 2.75) is 0 Å². The number of benzene rings is 1. The van der Waals surface area contributed by atoms with Gasteiger partial charge in [-0.25, -0.2) is 0 Å². The fourth-order valence-electron chi connectivity index (χ4n) is 1.49. The second-order valence-electron chi connectivity index (χ2n) is 3.32. The number of pyridine rings is 1. The monoisotopic (exact) mass is 225 g/mol. The van der Waals surface area contributed by atoms with Crippen molar-refractivity contribution in [3.8, 4) is 17.2 Å². The minimum absolute atomic E-state index is 0.205. The molecule has 0 aliphatic rings. The molecule has 1 aromatic heterocycles. The Hall–Kier alpha value is -2.74. The van der Waals surface area contributed by atoms with Crippen LogP contribution in [0, 0.1) is 21.4 Å². The molecule has 0 amide bonds. The third-order valence-corrected chi connectivity index (χ3v) is 2.29. The van der Waals surface area contributed by atoms with Crippen LogP contribution in [0.4, 0.5) is 5.82 Å². The summed E-state index contributed by atoms with van der Waals surface area (Å²) in [4.78, 5) is 13.6. The fourth-order valence-corrected chi connectivity index (χ4v) is 1.49. The molecule has 0 saturated heterocycles. The van der Waals surface area contributed by atoms with Crippen molar-refractivity contribution < 1.29 is 4.92 Å².